The smallest absolute Gasteiger partial charge is 0.352 e. The van der Waals surface area contributed by atoms with Gasteiger partial charge in [-0.1, -0.05) is 44.7 Å². The maximum atomic E-state index is 12.6. The first-order chi connectivity index (χ1) is 14.5. The number of benzene rings is 1. The summed E-state index contributed by atoms with van der Waals surface area (Å²) < 4.78 is 50.0. The van der Waals surface area contributed by atoms with E-state index in [-0.39, 0.29) is 6.29 Å². The summed E-state index contributed by atoms with van der Waals surface area (Å²) in [5.74, 6) is 1.89. The van der Waals surface area contributed by atoms with Gasteiger partial charge in [0.15, 0.2) is 6.29 Å². The van der Waals surface area contributed by atoms with Crippen molar-refractivity contribution >= 4 is 0 Å². The second-order valence-corrected chi connectivity index (χ2v) is 9.26. The third-order valence-electron chi connectivity index (χ3n) is 6.84. The highest BCUT2D eigenvalue weighted by molar-refractivity contribution is 5.24. The number of unbranched alkanes of at least 4 members (excludes halogenated alkanes) is 2. The van der Waals surface area contributed by atoms with Crippen molar-refractivity contribution in [2.75, 3.05) is 13.2 Å². The van der Waals surface area contributed by atoms with Crippen LogP contribution in [0, 0.1) is 17.8 Å². The molecule has 1 saturated heterocycles. The molecule has 2 fully saturated rings. The molecule has 1 aromatic rings. The standard InChI is InChI=1S/C25H37F3O2/c1-2-3-6-21-17-29-24(30-18-21)22-13-9-19(10-14-22)7-4-5-8-20-11-15-23(16-12-20)25(26,27)28/h11-12,15-16,19,21-22,24H,2-10,13-14,17-18H2,1H3. The predicted molar refractivity (Wildman–Crippen MR) is 113 cm³/mol. The Morgan fingerprint density at radius 2 is 1.47 bits per heavy atom. The molecule has 1 heterocycles. The van der Waals surface area contributed by atoms with Crippen LogP contribution in [0.3, 0.4) is 0 Å². The molecule has 0 radical (unpaired) electrons. The summed E-state index contributed by atoms with van der Waals surface area (Å²) in [6, 6.07) is 5.62. The van der Waals surface area contributed by atoms with E-state index in [9.17, 15) is 13.2 Å². The molecule has 0 atom stereocenters. The molecule has 1 aromatic carbocycles. The van der Waals surface area contributed by atoms with Crippen LogP contribution in [0.15, 0.2) is 24.3 Å². The average molecular weight is 427 g/mol. The van der Waals surface area contributed by atoms with E-state index in [4.69, 9.17) is 9.47 Å². The van der Waals surface area contributed by atoms with Gasteiger partial charge in [0.05, 0.1) is 18.8 Å². The van der Waals surface area contributed by atoms with Gasteiger partial charge in [-0.3, -0.25) is 0 Å². The Kier molecular flexibility index (Phi) is 9.06. The Labute approximate surface area is 179 Å². The Hall–Kier alpha value is -1.07. The third kappa shape index (κ3) is 7.26. The molecule has 0 spiro atoms. The van der Waals surface area contributed by atoms with Gasteiger partial charge >= 0.3 is 6.18 Å². The number of halogens is 3. The molecule has 0 unspecified atom stereocenters. The van der Waals surface area contributed by atoms with Gasteiger partial charge in [-0.2, -0.15) is 13.2 Å². The fourth-order valence-corrected chi connectivity index (χ4v) is 4.86. The fourth-order valence-electron chi connectivity index (χ4n) is 4.86. The van der Waals surface area contributed by atoms with E-state index in [2.05, 4.69) is 6.92 Å². The van der Waals surface area contributed by atoms with Crippen molar-refractivity contribution < 1.29 is 22.6 Å². The Balaban J connectivity index is 1.27. The van der Waals surface area contributed by atoms with E-state index < -0.39 is 11.7 Å². The highest BCUT2D eigenvalue weighted by Gasteiger charge is 2.32. The lowest BCUT2D eigenvalue weighted by atomic mass is 9.79. The summed E-state index contributed by atoms with van der Waals surface area (Å²) >= 11 is 0. The lowest BCUT2D eigenvalue weighted by Crippen LogP contribution is -2.38. The zero-order valence-electron chi connectivity index (χ0n) is 18.3. The summed E-state index contributed by atoms with van der Waals surface area (Å²) in [7, 11) is 0. The second kappa shape index (κ2) is 11.5. The molecule has 2 nitrogen and oxygen atoms in total. The van der Waals surface area contributed by atoms with Crippen molar-refractivity contribution in [2.45, 2.75) is 90.0 Å². The first kappa shape index (κ1) is 23.6. The van der Waals surface area contributed by atoms with Crippen molar-refractivity contribution in [3.05, 3.63) is 35.4 Å². The van der Waals surface area contributed by atoms with Crippen LogP contribution in [0.5, 0.6) is 0 Å². The summed E-state index contributed by atoms with van der Waals surface area (Å²) in [5, 5.41) is 0. The Morgan fingerprint density at radius 1 is 0.833 bits per heavy atom. The van der Waals surface area contributed by atoms with Gasteiger partial charge < -0.3 is 9.47 Å². The van der Waals surface area contributed by atoms with Crippen LogP contribution in [-0.2, 0) is 22.1 Å². The molecule has 1 saturated carbocycles. The highest BCUT2D eigenvalue weighted by Crippen LogP contribution is 2.36. The highest BCUT2D eigenvalue weighted by atomic mass is 19.4. The molecule has 0 amide bonds. The summed E-state index contributed by atoms with van der Waals surface area (Å²) in [6.45, 7) is 3.93. The molecule has 3 rings (SSSR count). The molecule has 2 aliphatic rings. The molecule has 0 N–H and O–H groups in total. The molecule has 1 aliphatic carbocycles. The lowest BCUT2D eigenvalue weighted by Gasteiger charge is -2.37. The first-order valence-electron chi connectivity index (χ1n) is 11.8. The largest absolute Gasteiger partial charge is 0.416 e. The zero-order valence-corrected chi connectivity index (χ0v) is 18.3. The Morgan fingerprint density at radius 3 is 2.07 bits per heavy atom. The summed E-state index contributed by atoms with van der Waals surface area (Å²) in [5.41, 5.74) is 0.431. The second-order valence-electron chi connectivity index (χ2n) is 9.26. The van der Waals surface area contributed by atoms with Crippen LogP contribution >= 0.6 is 0 Å². The number of alkyl halides is 3. The predicted octanol–water partition coefficient (Wildman–Crippen LogP) is 7.40. The van der Waals surface area contributed by atoms with E-state index >= 15 is 0 Å². The Bertz CT molecular complexity index is 598. The number of rotatable bonds is 9. The van der Waals surface area contributed by atoms with Crippen molar-refractivity contribution in [2.24, 2.45) is 17.8 Å². The quantitative estimate of drug-likeness (QED) is 0.383. The fraction of sp³-hybridized carbons (Fsp3) is 0.760. The zero-order chi connectivity index (χ0) is 21.4. The van der Waals surface area contributed by atoms with Gasteiger partial charge in [0, 0.05) is 11.8 Å². The van der Waals surface area contributed by atoms with Crippen LogP contribution in [0.4, 0.5) is 13.2 Å². The number of aryl methyl sites for hydroxylation is 1. The SMILES string of the molecule is CCCCC1COC(C2CCC(CCCCc3ccc(C(F)(F)F)cc3)CC2)OC1. The molecular weight excluding hydrogens is 389 g/mol. The van der Waals surface area contributed by atoms with Crippen LogP contribution < -0.4 is 0 Å². The van der Waals surface area contributed by atoms with Crippen LogP contribution in [0.25, 0.3) is 0 Å². The number of hydrogen-bond acceptors (Lipinski definition) is 2. The van der Waals surface area contributed by atoms with Crippen molar-refractivity contribution in [1.82, 2.24) is 0 Å². The van der Waals surface area contributed by atoms with Crippen LogP contribution in [0.2, 0.25) is 0 Å². The monoisotopic (exact) mass is 426 g/mol. The molecule has 1 aliphatic heterocycles. The molecular formula is C25H37F3O2. The van der Waals surface area contributed by atoms with E-state index in [0.29, 0.717) is 11.8 Å². The van der Waals surface area contributed by atoms with Crippen LogP contribution in [0.1, 0.15) is 82.3 Å². The minimum Gasteiger partial charge on any atom is -0.352 e. The first-order valence-corrected chi connectivity index (χ1v) is 11.8. The van der Waals surface area contributed by atoms with Gasteiger partial charge in [-0.25, -0.2) is 0 Å². The van der Waals surface area contributed by atoms with Gasteiger partial charge in [0.2, 0.25) is 0 Å². The maximum Gasteiger partial charge on any atom is 0.416 e. The average Bonchev–Trinajstić information content (AvgIpc) is 2.76. The molecule has 0 aromatic heterocycles. The van der Waals surface area contributed by atoms with Crippen molar-refractivity contribution in [1.29, 1.82) is 0 Å². The maximum absolute atomic E-state index is 12.6. The van der Waals surface area contributed by atoms with E-state index in [0.717, 1.165) is 44.0 Å². The summed E-state index contributed by atoms with van der Waals surface area (Å²) in [4.78, 5) is 0. The van der Waals surface area contributed by atoms with Gasteiger partial charge in [-0.15, -0.1) is 0 Å². The summed E-state index contributed by atoms with van der Waals surface area (Å²) in [6.07, 6.45) is 8.58. The van der Waals surface area contributed by atoms with E-state index in [1.807, 2.05) is 0 Å². The van der Waals surface area contributed by atoms with E-state index in [1.54, 1.807) is 12.1 Å². The van der Waals surface area contributed by atoms with Gasteiger partial charge in [-0.05, 0) is 68.6 Å². The third-order valence-corrected chi connectivity index (χ3v) is 6.84. The molecule has 30 heavy (non-hydrogen) atoms. The normalized spacial score (nSPS) is 27.9. The van der Waals surface area contributed by atoms with Crippen molar-refractivity contribution in [3.63, 3.8) is 0 Å². The molecule has 5 heteroatoms. The number of ether oxygens (including phenoxy) is 2. The van der Waals surface area contributed by atoms with Crippen LogP contribution in [-0.4, -0.2) is 19.5 Å². The van der Waals surface area contributed by atoms with E-state index in [1.165, 1.54) is 63.5 Å². The molecule has 0 bridgehead atoms. The minimum absolute atomic E-state index is 0.00324. The lowest BCUT2D eigenvalue weighted by molar-refractivity contribution is -0.230. The molecule has 170 valence electrons. The van der Waals surface area contributed by atoms with Crippen molar-refractivity contribution in [3.8, 4) is 0 Å². The number of hydrogen-bond donors (Lipinski definition) is 0. The minimum atomic E-state index is -4.25. The van der Waals surface area contributed by atoms with Gasteiger partial charge in [0.1, 0.15) is 0 Å². The topological polar surface area (TPSA) is 18.5 Å². The van der Waals surface area contributed by atoms with Gasteiger partial charge in [0.25, 0.3) is 0 Å².